The van der Waals surface area contributed by atoms with Crippen LogP contribution in [0.5, 0.6) is 11.5 Å². The number of nitrogens with one attached hydrogen (secondary N) is 2. The molecule has 3 aromatic rings. The standard InChI is InChI=1S/C23H20Cl2N2O5S/c1-31-21-9-3-15(11-22(21)32-2)4-10-23(28)26-18-5-7-20(8-6-18)33(29,30)27-19-13-16(24)12-17(25)14-19/h3-14,27H,1-2H3,(H,26,28)/b10-4+. The summed E-state index contributed by atoms with van der Waals surface area (Å²) in [5.41, 5.74) is 1.42. The highest BCUT2D eigenvalue weighted by molar-refractivity contribution is 7.92. The number of hydrogen-bond acceptors (Lipinski definition) is 5. The third-order valence-electron chi connectivity index (χ3n) is 4.38. The molecule has 10 heteroatoms. The fourth-order valence-corrected chi connectivity index (χ4v) is 4.42. The number of carbonyl (C=O) groups is 1. The maximum absolute atomic E-state index is 12.6. The van der Waals surface area contributed by atoms with E-state index in [1.807, 2.05) is 0 Å². The molecule has 0 radical (unpaired) electrons. The molecule has 7 nitrogen and oxygen atoms in total. The van der Waals surface area contributed by atoms with E-state index < -0.39 is 10.0 Å². The molecule has 2 N–H and O–H groups in total. The summed E-state index contributed by atoms with van der Waals surface area (Å²) < 4.78 is 38.0. The van der Waals surface area contributed by atoms with E-state index in [2.05, 4.69) is 10.0 Å². The second-order valence-corrected chi connectivity index (χ2v) is 9.28. The van der Waals surface area contributed by atoms with E-state index >= 15 is 0 Å². The number of anilines is 2. The van der Waals surface area contributed by atoms with E-state index in [1.165, 1.54) is 55.7 Å². The van der Waals surface area contributed by atoms with Crippen LogP contribution >= 0.6 is 23.2 Å². The summed E-state index contributed by atoms with van der Waals surface area (Å²) in [6.07, 6.45) is 2.98. The first-order valence-electron chi connectivity index (χ1n) is 9.50. The Hall–Kier alpha value is -3.20. The van der Waals surface area contributed by atoms with Crippen molar-refractivity contribution in [3.63, 3.8) is 0 Å². The van der Waals surface area contributed by atoms with E-state index in [1.54, 1.807) is 31.4 Å². The minimum atomic E-state index is -3.87. The summed E-state index contributed by atoms with van der Waals surface area (Å²) in [7, 11) is -0.796. The van der Waals surface area contributed by atoms with Gasteiger partial charge >= 0.3 is 0 Å². The van der Waals surface area contributed by atoms with Crippen molar-refractivity contribution in [1.82, 2.24) is 0 Å². The molecule has 0 saturated heterocycles. The highest BCUT2D eigenvalue weighted by Crippen LogP contribution is 2.28. The third-order valence-corrected chi connectivity index (χ3v) is 6.22. The summed E-state index contributed by atoms with van der Waals surface area (Å²) in [6.45, 7) is 0. The predicted octanol–water partition coefficient (Wildman–Crippen LogP) is 5.46. The number of amides is 1. The number of sulfonamides is 1. The summed E-state index contributed by atoms with van der Waals surface area (Å²) in [6, 6.07) is 15.4. The van der Waals surface area contributed by atoms with Gasteiger partial charge in [-0.2, -0.15) is 0 Å². The average Bonchev–Trinajstić information content (AvgIpc) is 2.76. The second kappa shape index (κ2) is 10.6. The largest absolute Gasteiger partial charge is 0.493 e. The van der Waals surface area contributed by atoms with E-state index in [0.29, 0.717) is 27.2 Å². The van der Waals surface area contributed by atoms with Crippen LogP contribution in [0.3, 0.4) is 0 Å². The van der Waals surface area contributed by atoms with Gasteiger partial charge in [0.15, 0.2) is 11.5 Å². The zero-order valence-corrected chi connectivity index (χ0v) is 20.0. The first kappa shape index (κ1) is 24.4. The zero-order valence-electron chi connectivity index (χ0n) is 17.6. The van der Waals surface area contributed by atoms with Gasteiger partial charge < -0.3 is 14.8 Å². The quantitative estimate of drug-likeness (QED) is 0.395. The van der Waals surface area contributed by atoms with Crippen LogP contribution < -0.4 is 19.5 Å². The lowest BCUT2D eigenvalue weighted by atomic mass is 10.2. The van der Waals surface area contributed by atoms with Crippen molar-refractivity contribution in [2.45, 2.75) is 4.90 Å². The molecule has 33 heavy (non-hydrogen) atoms. The van der Waals surface area contributed by atoms with Gasteiger partial charge in [0.2, 0.25) is 5.91 Å². The van der Waals surface area contributed by atoms with E-state index in [-0.39, 0.29) is 16.5 Å². The number of rotatable bonds is 8. The van der Waals surface area contributed by atoms with Crippen molar-refractivity contribution in [2.75, 3.05) is 24.3 Å². The van der Waals surface area contributed by atoms with Crippen molar-refractivity contribution < 1.29 is 22.7 Å². The van der Waals surface area contributed by atoms with Crippen molar-refractivity contribution in [3.8, 4) is 11.5 Å². The molecule has 3 rings (SSSR count). The molecule has 0 heterocycles. The summed E-state index contributed by atoms with van der Waals surface area (Å²) in [5.74, 6) is 0.750. The maximum atomic E-state index is 12.6. The molecule has 0 aromatic heterocycles. The van der Waals surface area contributed by atoms with Gasteiger partial charge in [0, 0.05) is 21.8 Å². The SMILES string of the molecule is COc1ccc(/C=C/C(=O)Nc2ccc(S(=O)(=O)Nc3cc(Cl)cc(Cl)c3)cc2)cc1OC. The molecule has 0 unspecified atom stereocenters. The summed E-state index contributed by atoms with van der Waals surface area (Å²) >= 11 is 11.8. The molecule has 0 aliphatic heterocycles. The first-order chi connectivity index (χ1) is 15.7. The van der Waals surface area contributed by atoms with Gasteiger partial charge in [-0.05, 0) is 66.2 Å². The molecule has 3 aromatic carbocycles. The average molecular weight is 507 g/mol. The minimum absolute atomic E-state index is 0.0115. The van der Waals surface area contributed by atoms with Gasteiger partial charge in [-0.25, -0.2) is 8.42 Å². The molecule has 0 atom stereocenters. The molecule has 0 aliphatic carbocycles. The van der Waals surface area contributed by atoms with Crippen LogP contribution in [0.1, 0.15) is 5.56 Å². The Morgan fingerprint density at radius 3 is 2.09 bits per heavy atom. The summed E-state index contributed by atoms with van der Waals surface area (Å²) in [5, 5.41) is 3.28. The molecule has 172 valence electrons. The lowest BCUT2D eigenvalue weighted by Gasteiger charge is -2.10. The van der Waals surface area contributed by atoms with Crippen molar-refractivity contribution >= 4 is 56.6 Å². The molecule has 0 bridgehead atoms. The number of hydrogen-bond donors (Lipinski definition) is 2. The lowest BCUT2D eigenvalue weighted by Crippen LogP contribution is -2.13. The Morgan fingerprint density at radius 2 is 1.48 bits per heavy atom. The van der Waals surface area contributed by atoms with Crippen LogP contribution in [-0.4, -0.2) is 28.5 Å². The van der Waals surface area contributed by atoms with Crippen LogP contribution in [0.25, 0.3) is 6.08 Å². The molecular formula is C23H20Cl2N2O5S. The van der Waals surface area contributed by atoms with Crippen LogP contribution in [0.2, 0.25) is 10.0 Å². The lowest BCUT2D eigenvalue weighted by molar-refractivity contribution is -0.111. The van der Waals surface area contributed by atoms with Gasteiger partial charge in [-0.3, -0.25) is 9.52 Å². The second-order valence-electron chi connectivity index (χ2n) is 6.73. The summed E-state index contributed by atoms with van der Waals surface area (Å²) in [4.78, 5) is 12.3. The fourth-order valence-electron chi connectivity index (χ4n) is 2.86. The molecule has 0 saturated carbocycles. The minimum Gasteiger partial charge on any atom is -0.493 e. The number of carbonyl (C=O) groups excluding carboxylic acids is 1. The fraction of sp³-hybridized carbons (Fsp3) is 0.0870. The van der Waals surface area contributed by atoms with E-state index in [4.69, 9.17) is 32.7 Å². The Labute approximate surface area is 202 Å². The number of halogens is 2. The van der Waals surface area contributed by atoms with Crippen LogP contribution in [0, 0.1) is 0 Å². The zero-order chi connectivity index (χ0) is 24.0. The smallest absolute Gasteiger partial charge is 0.261 e. The van der Waals surface area contributed by atoms with Crippen molar-refractivity contribution in [2.24, 2.45) is 0 Å². The van der Waals surface area contributed by atoms with E-state index in [0.717, 1.165) is 5.56 Å². The molecular weight excluding hydrogens is 487 g/mol. The maximum Gasteiger partial charge on any atom is 0.261 e. The topological polar surface area (TPSA) is 93.7 Å². The number of ether oxygens (including phenoxy) is 2. The number of benzene rings is 3. The Bertz CT molecular complexity index is 1270. The van der Waals surface area contributed by atoms with Gasteiger partial charge in [-0.1, -0.05) is 29.3 Å². The first-order valence-corrected chi connectivity index (χ1v) is 11.7. The normalized spacial score (nSPS) is 11.3. The highest BCUT2D eigenvalue weighted by atomic mass is 35.5. The van der Waals surface area contributed by atoms with Crippen LogP contribution in [-0.2, 0) is 14.8 Å². The molecule has 1 amide bonds. The molecule has 0 aliphatic rings. The van der Waals surface area contributed by atoms with E-state index in [9.17, 15) is 13.2 Å². The van der Waals surface area contributed by atoms with Crippen LogP contribution in [0.4, 0.5) is 11.4 Å². The third kappa shape index (κ3) is 6.64. The van der Waals surface area contributed by atoms with Gasteiger partial charge in [0.1, 0.15) is 0 Å². The van der Waals surface area contributed by atoms with Gasteiger partial charge in [-0.15, -0.1) is 0 Å². The predicted molar refractivity (Wildman–Crippen MR) is 131 cm³/mol. The van der Waals surface area contributed by atoms with Crippen molar-refractivity contribution in [3.05, 3.63) is 82.3 Å². The molecule has 0 spiro atoms. The monoisotopic (exact) mass is 506 g/mol. The Morgan fingerprint density at radius 1 is 0.848 bits per heavy atom. The highest BCUT2D eigenvalue weighted by Gasteiger charge is 2.15. The molecule has 0 fully saturated rings. The Kier molecular flexibility index (Phi) is 7.86. The van der Waals surface area contributed by atoms with Gasteiger partial charge in [0.25, 0.3) is 10.0 Å². The van der Waals surface area contributed by atoms with Crippen molar-refractivity contribution in [1.29, 1.82) is 0 Å². The number of methoxy groups -OCH3 is 2. The van der Waals surface area contributed by atoms with Gasteiger partial charge in [0.05, 0.1) is 24.8 Å². The van der Waals surface area contributed by atoms with Crippen LogP contribution in [0.15, 0.2) is 71.6 Å². The Balaban J connectivity index is 1.66.